The van der Waals surface area contributed by atoms with E-state index in [0.29, 0.717) is 12.8 Å². The summed E-state index contributed by atoms with van der Waals surface area (Å²) in [4.78, 5) is 11.4. The molecule has 0 aliphatic rings. The van der Waals surface area contributed by atoms with Gasteiger partial charge in [-0.2, -0.15) is 0 Å². The van der Waals surface area contributed by atoms with Gasteiger partial charge in [-0.25, -0.2) is 0 Å². The van der Waals surface area contributed by atoms with Gasteiger partial charge in [-0.05, 0) is 24.3 Å². The molecule has 0 aliphatic carbocycles. The summed E-state index contributed by atoms with van der Waals surface area (Å²) in [5.74, 6) is 1.33. The van der Waals surface area contributed by atoms with Gasteiger partial charge in [-0.3, -0.25) is 0 Å². The van der Waals surface area contributed by atoms with Crippen LogP contribution in [-0.2, 0) is 37.4 Å². The Bertz CT molecular complexity index is 395. The summed E-state index contributed by atoms with van der Waals surface area (Å²) in [6, 6.07) is 7.34. The molecular formula is C13H13O3Os. The van der Waals surface area contributed by atoms with Crippen LogP contribution in [0.4, 0.5) is 0 Å². The quantitative estimate of drug-likeness (QED) is 0.716. The Balaban J connectivity index is 0.00000144. The van der Waals surface area contributed by atoms with Gasteiger partial charge in [-0.15, -0.1) is 0 Å². The predicted octanol–water partition coefficient (Wildman–Crippen LogP) is 2.67. The Labute approximate surface area is 113 Å². The SMILES string of the molecule is [CH2-]C(=O)C(Cc1ccco1)Cc1ccco1.[Os+]. The zero-order chi connectivity index (χ0) is 11.4. The van der Waals surface area contributed by atoms with Gasteiger partial charge in [0.2, 0.25) is 0 Å². The molecule has 0 aliphatic heterocycles. The number of hydrogen-bond donors (Lipinski definition) is 0. The molecule has 1 radical (unpaired) electrons. The molecule has 4 heteroatoms. The maximum atomic E-state index is 11.4. The molecule has 0 amide bonds. The van der Waals surface area contributed by atoms with Gasteiger partial charge >= 0.3 is 19.8 Å². The van der Waals surface area contributed by atoms with Crippen LogP contribution in [0.2, 0.25) is 0 Å². The third-order valence-electron chi connectivity index (χ3n) is 2.51. The largest absolute Gasteiger partial charge is 1.00 e. The summed E-state index contributed by atoms with van der Waals surface area (Å²) in [5.41, 5.74) is 0. The molecule has 0 N–H and O–H groups in total. The van der Waals surface area contributed by atoms with E-state index in [9.17, 15) is 4.79 Å². The summed E-state index contributed by atoms with van der Waals surface area (Å²) in [7, 11) is 0. The molecule has 2 rings (SSSR count). The summed E-state index contributed by atoms with van der Waals surface area (Å²) < 4.78 is 10.4. The Hall–Kier alpha value is -1.26. The van der Waals surface area contributed by atoms with Crippen molar-refractivity contribution in [2.75, 3.05) is 0 Å². The molecule has 0 saturated heterocycles. The van der Waals surface area contributed by atoms with Gasteiger partial charge in [0, 0.05) is 24.5 Å². The minimum atomic E-state index is -0.183. The van der Waals surface area contributed by atoms with E-state index in [2.05, 4.69) is 6.92 Å². The van der Waals surface area contributed by atoms with E-state index in [1.54, 1.807) is 12.5 Å². The Morgan fingerprint density at radius 1 is 1.12 bits per heavy atom. The Kier molecular flexibility index (Phi) is 5.25. The molecule has 2 aromatic heterocycles. The number of carbonyl (C=O) groups excluding carboxylic acids is 1. The monoisotopic (exact) mass is 409 g/mol. The molecule has 3 nitrogen and oxygen atoms in total. The summed E-state index contributed by atoms with van der Waals surface area (Å²) in [5, 5.41) is 0. The number of rotatable bonds is 5. The normalized spacial score (nSPS) is 10.2. The van der Waals surface area contributed by atoms with Crippen molar-refractivity contribution in [2.24, 2.45) is 5.92 Å². The van der Waals surface area contributed by atoms with Crippen molar-refractivity contribution in [3.63, 3.8) is 0 Å². The minimum absolute atomic E-state index is 0. The number of hydrogen-bond acceptors (Lipinski definition) is 3. The predicted molar refractivity (Wildman–Crippen MR) is 58.7 cm³/mol. The first-order valence-corrected chi connectivity index (χ1v) is 5.16. The van der Waals surface area contributed by atoms with Gasteiger partial charge in [0.05, 0.1) is 12.5 Å². The third kappa shape index (κ3) is 3.91. The maximum absolute atomic E-state index is 11.4. The molecule has 0 atom stereocenters. The fourth-order valence-electron chi connectivity index (χ4n) is 1.64. The van der Waals surface area contributed by atoms with E-state index in [4.69, 9.17) is 8.83 Å². The topological polar surface area (TPSA) is 43.4 Å². The van der Waals surface area contributed by atoms with Gasteiger partial charge < -0.3 is 20.6 Å². The third-order valence-corrected chi connectivity index (χ3v) is 2.51. The first-order valence-electron chi connectivity index (χ1n) is 5.16. The second-order valence-electron chi connectivity index (χ2n) is 3.73. The van der Waals surface area contributed by atoms with Crippen LogP contribution in [0.3, 0.4) is 0 Å². The van der Waals surface area contributed by atoms with Crippen molar-refractivity contribution in [3.8, 4) is 0 Å². The average molecular weight is 407 g/mol. The first-order chi connectivity index (χ1) is 7.75. The molecule has 17 heavy (non-hydrogen) atoms. The van der Waals surface area contributed by atoms with Gasteiger partial charge in [0.1, 0.15) is 11.5 Å². The Morgan fingerprint density at radius 2 is 1.59 bits per heavy atom. The van der Waals surface area contributed by atoms with Crippen molar-refractivity contribution in [1.29, 1.82) is 0 Å². The molecule has 0 spiro atoms. The molecule has 0 aromatic carbocycles. The van der Waals surface area contributed by atoms with Crippen LogP contribution in [0.5, 0.6) is 0 Å². The van der Waals surface area contributed by atoms with Crippen LogP contribution in [0.15, 0.2) is 45.6 Å². The number of ketones is 1. The molecular weight excluding hydrogens is 394 g/mol. The van der Waals surface area contributed by atoms with Crippen molar-refractivity contribution in [3.05, 3.63) is 55.2 Å². The van der Waals surface area contributed by atoms with Crippen LogP contribution in [0.1, 0.15) is 11.5 Å². The van der Waals surface area contributed by atoms with Crippen molar-refractivity contribution in [1.82, 2.24) is 0 Å². The molecule has 0 bridgehead atoms. The second-order valence-corrected chi connectivity index (χ2v) is 3.73. The van der Waals surface area contributed by atoms with Crippen LogP contribution >= 0.6 is 0 Å². The summed E-state index contributed by atoms with van der Waals surface area (Å²) in [6.45, 7) is 3.48. The second kappa shape index (κ2) is 6.47. The van der Waals surface area contributed by atoms with Crippen molar-refractivity contribution in [2.45, 2.75) is 12.8 Å². The van der Waals surface area contributed by atoms with Crippen LogP contribution < -0.4 is 0 Å². The molecule has 91 valence electrons. The zero-order valence-corrected chi connectivity index (χ0v) is 11.8. The van der Waals surface area contributed by atoms with E-state index in [-0.39, 0.29) is 31.5 Å². The smallest absolute Gasteiger partial charge is 0.469 e. The van der Waals surface area contributed by atoms with E-state index in [1.807, 2.05) is 24.3 Å². The number of furan rings is 2. The van der Waals surface area contributed by atoms with Crippen molar-refractivity contribution >= 4 is 5.78 Å². The van der Waals surface area contributed by atoms with Gasteiger partial charge in [-0.1, -0.05) is 0 Å². The van der Waals surface area contributed by atoms with E-state index in [0.717, 1.165) is 11.5 Å². The minimum Gasteiger partial charge on any atom is -0.469 e. The van der Waals surface area contributed by atoms with E-state index >= 15 is 0 Å². The average Bonchev–Trinajstić information content (AvgIpc) is 2.88. The van der Waals surface area contributed by atoms with Gasteiger partial charge in [0.25, 0.3) is 0 Å². The molecule has 0 unspecified atom stereocenters. The first kappa shape index (κ1) is 13.8. The fourth-order valence-corrected chi connectivity index (χ4v) is 1.64. The maximum Gasteiger partial charge on any atom is 1.00 e. The Morgan fingerprint density at radius 3 is 1.88 bits per heavy atom. The molecule has 2 heterocycles. The van der Waals surface area contributed by atoms with Crippen LogP contribution in [0.25, 0.3) is 0 Å². The zero-order valence-electron chi connectivity index (χ0n) is 9.24. The number of carbonyl (C=O) groups is 1. The molecule has 0 fully saturated rings. The number of Topliss-reactive ketones (excluding diaryl/α,β-unsaturated/α-hetero) is 1. The fraction of sp³-hybridized carbons (Fsp3) is 0.231. The molecule has 0 saturated carbocycles. The summed E-state index contributed by atoms with van der Waals surface area (Å²) in [6.07, 6.45) is 4.34. The van der Waals surface area contributed by atoms with E-state index in [1.165, 1.54) is 0 Å². The summed E-state index contributed by atoms with van der Waals surface area (Å²) >= 11 is 0. The van der Waals surface area contributed by atoms with Gasteiger partial charge in [0.15, 0.2) is 0 Å². The van der Waals surface area contributed by atoms with Crippen molar-refractivity contribution < 1.29 is 33.4 Å². The standard InChI is InChI=1S/C13H13O3.Os/c1-10(14)11(8-12-4-2-6-15-12)9-13-5-3-7-16-13;/h2-7,11H,1,8-9H2;/q-1;+1. The van der Waals surface area contributed by atoms with E-state index < -0.39 is 0 Å². The van der Waals surface area contributed by atoms with Crippen LogP contribution in [0, 0.1) is 12.8 Å². The molecule has 2 aromatic rings. The van der Waals surface area contributed by atoms with Crippen LogP contribution in [-0.4, -0.2) is 5.78 Å².